The molecule has 0 amide bonds. The predicted molar refractivity (Wildman–Crippen MR) is 173 cm³/mol. The number of anilines is 1. The fourth-order valence-corrected chi connectivity index (χ4v) is 7.35. The van der Waals surface area contributed by atoms with Crippen molar-refractivity contribution in [3.8, 4) is 0 Å². The van der Waals surface area contributed by atoms with Gasteiger partial charge in [0.1, 0.15) is 16.2 Å². The number of hydrogen-bond acceptors (Lipinski definition) is 7. The number of benzene rings is 1. The lowest BCUT2D eigenvalue weighted by Gasteiger charge is -2.33. The molecule has 3 fully saturated rings. The predicted octanol–water partition coefficient (Wildman–Crippen LogP) is 6.92. The molecule has 6 rings (SSSR count). The number of fused-ring (bicyclic) bond motifs is 1. The van der Waals surface area contributed by atoms with Gasteiger partial charge < -0.3 is 24.8 Å². The first kappa shape index (κ1) is 31.0. The summed E-state index contributed by atoms with van der Waals surface area (Å²) < 4.78 is 18.2. The molecule has 0 radical (unpaired) electrons. The van der Waals surface area contributed by atoms with E-state index in [0.717, 1.165) is 93.2 Å². The van der Waals surface area contributed by atoms with Gasteiger partial charge in [-0.3, -0.25) is 4.79 Å². The number of esters is 1. The summed E-state index contributed by atoms with van der Waals surface area (Å²) in [5.41, 5.74) is 5.07. The third-order valence-corrected chi connectivity index (χ3v) is 10.7. The number of nitrogens with one attached hydrogen (secondary N) is 2. The van der Waals surface area contributed by atoms with E-state index >= 15 is 0 Å². The Morgan fingerprint density at radius 1 is 1.16 bits per heavy atom. The van der Waals surface area contributed by atoms with Gasteiger partial charge in [0.2, 0.25) is 0 Å². The Labute approximate surface area is 265 Å². The average Bonchev–Trinajstić information content (AvgIpc) is 3.36. The highest BCUT2D eigenvalue weighted by atomic mass is 79.9. The van der Waals surface area contributed by atoms with Crippen molar-refractivity contribution < 1.29 is 19.0 Å². The van der Waals surface area contributed by atoms with Gasteiger partial charge in [0.25, 0.3) is 0 Å². The second-order valence-electron chi connectivity index (χ2n) is 14.4. The zero-order chi connectivity index (χ0) is 30.2. The molecule has 2 saturated heterocycles. The summed E-state index contributed by atoms with van der Waals surface area (Å²) in [6.45, 7) is 12.4. The number of aryl methyl sites for hydroxylation is 1. The standard InChI is InChI=1S/C35H48BrN3O4/c1-33(2,3)43-32(40)30(36)27-19-23(8-10-26(27)29-12-14-35(15-16-35)22-42-29)34(4)21-38-31-28(34)11-9-24(39-31)7-5-6-18-41-25-13-17-37-20-25/h8-11,19,25,29-30,37H,5-7,12-18,20-22H2,1-4H3,(H,38,39)/t25-,29?,30?,34?/m1/s1. The minimum atomic E-state index is -0.575. The van der Waals surface area contributed by atoms with Crippen LogP contribution in [0.5, 0.6) is 0 Å². The van der Waals surface area contributed by atoms with Gasteiger partial charge in [-0.05, 0) is 114 Å². The Morgan fingerprint density at radius 3 is 2.70 bits per heavy atom. The van der Waals surface area contributed by atoms with E-state index in [4.69, 9.17) is 19.2 Å². The van der Waals surface area contributed by atoms with E-state index in [1.165, 1.54) is 24.8 Å². The number of pyridine rings is 1. The monoisotopic (exact) mass is 653 g/mol. The van der Waals surface area contributed by atoms with E-state index in [1.54, 1.807) is 0 Å². The van der Waals surface area contributed by atoms with Gasteiger partial charge in [0, 0.05) is 36.4 Å². The molecule has 2 aromatic rings. The van der Waals surface area contributed by atoms with E-state index < -0.39 is 10.4 Å². The van der Waals surface area contributed by atoms with Crippen LogP contribution in [-0.2, 0) is 30.8 Å². The molecule has 43 heavy (non-hydrogen) atoms. The van der Waals surface area contributed by atoms with Crippen LogP contribution in [0.1, 0.15) is 112 Å². The first-order valence-corrected chi connectivity index (χ1v) is 17.2. The lowest BCUT2D eigenvalue weighted by Crippen LogP contribution is -2.29. The third-order valence-electron chi connectivity index (χ3n) is 9.79. The van der Waals surface area contributed by atoms with Crippen molar-refractivity contribution in [3.05, 3.63) is 58.3 Å². The molecule has 4 aliphatic rings. The number of nitrogens with zero attached hydrogens (tertiary/aromatic N) is 1. The van der Waals surface area contributed by atoms with E-state index in [-0.39, 0.29) is 17.5 Å². The van der Waals surface area contributed by atoms with Crippen LogP contribution in [0.2, 0.25) is 0 Å². The second kappa shape index (κ2) is 12.4. The molecule has 1 aromatic carbocycles. The van der Waals surface area contributed by atoms with Crippen molar-refractivity contribution in [3.63, 3.8) is 0 Å². The highest BCUT2D eigenvalue weighted by molar-refractivity contribution is 9.09. The first-order valence-electron chi connectivity index (χ1n) is 16.2. The van der Waals surface area contributed by atoms with Crippen molar-refractivity contribution in [1.29, 1.82) is 0 Å². The minimum absolute atomic E-state index is 0.0102. The topological polar surface area (TPSA) is 81.7 Å². The average molecular weight is 655 g/mol. The minimum Gasteiger partial charge on any atom is -0.459 e. The quantitative estimate of drug-likeness (QED) is 0.164. The van der Waals surface area contributed by atoms with Crippen LogP contribution in [0.3, 0.4) is 0 Å². The van der Waals surface area contributed by atoms with Gasteiger partial charge in [0.05, 0.1) is 18.8 Å². The van der Waals surface area contributed by atoms with Crippen molar-refractivity contribution in [2.45, 2.75) is 107 Å². The number of alkyl halides is 1. The van der Waals surface area contributed by atoms with Gasteiger partial charge >= 0.3 is 5.97 Å². The van der Waals surface area contributed by atoms with Gasteiger partial charge in [0.15, 0.2) is 0 Å². The highest BCUT2D eigenvalue weighted by Crippen LogP contribution is 2.55. The van der Waals surface area contributed by atoms with Gasteiger partial charge in [-0.1, -0.05) is 40.2 Å². The molecule has 1 spiro atoms. The summed E-state index contributed by atoms with van der Waals surface area (Å²) in [4.78, 5) is 17.8. The molecule has 3 unspecified atom stereocenters. The van der Waals surface area contributed by atoms with Crippen LogP contribution >= 0.6 is 15.9 Å². The Balaban J connectivity index is 1.19. The number of halogens is 1. The highest BCUT2D eigenvalue weighted by Gasteiger charge is 2.47. The number of ether oxygens (including phenoxy) is 3. The molecule has 1 aliphatic carbocycles. The summed E-state index contributed by atoms with van der Waals surface area (Å²) in [7, 11) is 0. The molecule has 4 atom stereocenters. The van der Waals surface area contributed by atoms with Crippen LogP contribution < -0.4 is 10.6 Å². The molecule has 1 aromatic heterocycles. The molecular formula is C35H48BrN3O4. The lowest BCUT2D eigenvalue weighted by atomic mass is 9.76. The van der Waals surface area contributed by atoms with Crippen LogP contribution in [0.15, 0.2) is 30.3 Å². The molecule has 2 N–H and O–H groups in total. The van der Waals surface area contributed by atoms with Crippen LogP contribution in [-0.4, -0.2) is 55.5 Å². The molecule has 234 valence electrons. The number of aromatic nitrogens is 1. The maximum Gasteiger partial charge on any atom is 0.324 e. The van der Waals surface area contributed by atoms with Gasteiger partial charge in [-0.15, -0.1) is 0 Å². The SMILES string of the molecule is CC(C)(C)OC(=O)C(Br)c1cc(C2(C)CNc3nc(CCCCO[C@@H]4CCNC4)ccc32)ccc1C1CCC2(CC2)CO1. The van der Waals surface area contributed by atoms with Crippen molar-refractivity contribution >= 4 is 27.7 Å². The van der Waals surface area contributed by atoms with E-state index in [2.05, 4.69) is 63.8 Å². The summed E-state index contributed by atoms with van der Waals surface area (Å²) in [6.07, 6.45) is 9.27. The Hall–Kier alpha value is -2.00. The summed E-state index contributed by atoms with van der Waals surface area (Å²) >= 11 is 3.74. The molecule has 7 nitrogen and oxygen atoms in total. The second-order valence-corrected chi connectivity index (χ2v) is 15.3. The molecule has 8 heteroatoms. The van der Waals surface area contributed by atoms with Crippen molar-refractivity contribution in [1.82, 2.24) is 10.3 Å². The number of carbonyl (C=O) groups excluding carboxylic acids is 1. The van der Waals surface area contributed by atoms with Crippen LogP contribution in [0, 0.1) is 5.41 Å². The fraction of sp³-hybridized carbons (Fsp3) is 0.657. The molecule has 0 bridgehead atoms. The van der Waals surface area contributed by atoms with Crippen molar-refractivity contribution in [2.24, 2.45) is 5.41 Å². The number of hydrogen-bond donors (Lipinski definition) is 2. The molecule has 1 saturated carbocycles. The van der Waals surface area contributed by atoms with Crippen molar-refractivity contribution in [2.75, 3.05) is 38.2 Å². The molecular weight excluding hydrogens is 606 g/mol. The number of carbonyl (C=O) groups is 1. The Kier molecular flexibility index (Phi) is 8.95. The lowest BCUT2D eigenvalue weighted by molar-refractivity contribution is -0.154. The maximum atomic E-state index is 13.3. The smallest absolute Gasteiger partial charge is 0.324 e. The third kappa shape index (κ3) is 6.98. The zero-order valence-electron chi connectivity index (χ0n) is 26.3. The Bertz CT molecular complexity index is 1310. The number of rotatable bonds is 10. The largest absolute Gasteiger partial charge is 0.459 e. The van der Waals surface area contributed by atoms with E-state index in [9.17, 15) is 4.79 Å². The van der Waals surface area contributed by atoms with Crippen LogP contribution in [0.25, 0.3) is 0 Å². The maximum absolute atomic E-state index is 13.3. The normalized spacial score (nSPS) is 26.6. The first-order chi connectivity index (χ1) is 20.6. The van der Waals surface area contributed by atoms with Gasteiger partial charge in [-0.2, -0.15) is 0 Å². The zero-order valence-corrected chi connectivity index (χ0v) is 27.9. The van der Waals surface area contributed by atoms with E-state index in [0.29, 0.717) is 11.5 Å². The fourth-order valence-electron chi connectivity index (χ4n) is 6.86. The summed E-state index contributed by atoms with van der Waals surface area (Å²) in [6, 6.07) is 11.0. The molecule has 3 aliphatic heterocycles. The summed E-state index contributed by atoms with van der Waals surface area (Å²) in [5.74, 6) is 0.693. The summed E-state index contributed by atoms with van der Waals surface area (Å²) in [5, 5.41) is 6.95. The Morgan fingerprint density at radius 2 is 2.00 bits per heavy atom. The van der Waals surface area contributed by atoms with Gasteiger partial charge in [-0.25, -0.2) is 4.98 Å². The molecule has 4 heterocycles. The number of unbranched alkanes of at least 4 members (excludes halogenated alkanes) is 1. The van der Waals surface area contributed by atoms with E-state index in [1.807, 2.05) is 20.8 Å². The van der Waals surface area contributed by atoms with Crippen LogP contribution in [0.4, 0.5) is 5.82 Å².